The third-order valence-electron chi connectivity index (χ3n) is 9.68. The third kappa shape index (κ3) is 4.59. The number of furan rings is 1. The molecule has 0 radical (unpaired) electrons. The molecule has 0 saturated carbocycles. The molecule has 50 heavy (non-hydrogen) atoms. The molecule has 6 aromatic carbocycles. The Balaban J connectivity index is 1.17. The predicted molar refractivity (Wildman–Crippen MR) is 204 cm³/mol. The first kappa shape index (κ1) is 28.4. The van der Waals surface area contributed by atoms with Crippen molar-refractivity contribution in [2.24, 2.45) is 0 Å². The minimum Gasteiger partial charge on any atom is -0.456 e. The first-order valence-corrected chi connectivity index (χ1v) is 17.0. The van der Waals surface area contributed by atoms with Crippen LogP contribution in [0.4, 0.5) is 0 Å². The monoisotopic (exact) mass is 642 g/mol. The molecule has 9 aromatic rings. The number of benzene rings is 6. The fraction of sp³-hybridized carbons (Fsp3) is 0.0444. The van der Waals surface area contributed by atoms with Crippen molar-refractivity contribution in [3.63, 3.8) is 0 Å². The molecule has 0 unspecified atom stereocenters. The lowest BCUT2D eigenvalue weighted by Crippen LogP contribution is -2.03. The third-order valence-corrected chi connectivity index (χ3v) is 9.68. The van der Waals surface area contributed by atoms with E-state index in [9.17, 15) is 0 Å². The molecular weight excluding hydrogens is 613 g/mol. The summed E-state index contributed by atoms with van der Waals surface area (Å²) in [5, 5.41) is 4.47. The van der Waals surface area contributed by atoms with Crippen molar-refractivity contribution in [1.82, 2.24) is 19.5 Å². The summed E-state index contributed by atoms with van der Waals surface area (Å²) in [7, 11) is 0. The quantitative estimate of drug-likeness (QED) is 0.187. The van der Waals surface area contributed by atoms with Gasteiger partial charge in [0, 0.05) is 50.0 Å². The molecule has 3 aromatic heterocycles. The minimum absolute atomic E-state index is 0.627. The van der Waals surface area contributed by atoms with Gasteiger partial charge in [0.1, 0.15) is 11.2 Å². The normalized spacial score (nSPS) is 13.1. The van der Waals surface area contributed by atoms with Gasteiger partial charge in [0.05, 0.1) is 11.0 Å². The second-order valence-electron chi connectivity index (χ2n) is 12.7. The fourth-order valence-electron chi connectivity index (χ4n) is 7.42. The van der Waals surface area contributed by atoms with Gasteiger partial charge in [-0.15, -0.1) is 0 Å². The molecule has 236 valence electrons. The van der Waals surface area contributed by atoms with Gasteiger partial charge < -0.3 is 8.98 Å². The first-order chi connectivity index (χ1) is 24.8. The van der Waals surface area contributed by atoms with E-state index in [0.717, 1.165) is 68.2 Å². The van der Waals surface area contributed by atoms with Crippen LogP contribution in [0.25, 0.3) is 88.9 Å². The van der Waals surface area contributed by atoms with E-state index in [-0.39, 0.29) is 0 Å². The summed E-state index contributed by atoms with van der Waals surface area (Å²) in [6.07, 6.45) is 8.50. The van der Waals surface area contributed by atoms with Gasteiger partial charge in [-0.3, -0.25) is 0 Å². The van der Waals surface area contributed by atoms with Crippen molar-refractivity contribution in [2.75, 3.05) is 0 Å². The van der Waals surface area contributed by atoms with Crippen LogP contribution in [0.15, 0.2) is 162 Å². The molecule has 1 aliphatic rings. The Bertz CT molecular complexity index is 2810. The van der Waals surface area contributed by atoms with Gasteiger partial charge in [-0.2, -0.15) is 0 Å². The zero-order chi connectivity index (χ0) is 33.0. The SMILES string of the molecule is C1=CC(c2nc(-c3ccccc3)nc(-c3cccc4oc5cc(-n6c7ccccc7c7c(-c8ccccc8)cccc76)ccc5c34)n2)=CCC1. The summed E-state index contributed by atoms with van der Waals surface area (Å²) in [5.74, 6) is 1.96. The number of rotatable bonds is 5. The van der Waals surface area contributed by atoms with Crippen molar-refractivity contribution in [3.8, 4) is 39.6 Å². The van der Waals surface area contributed by atoms with Crippen LogP contribution in [0.2, 0.25) is 0 Å². The van der Waals surface area contributed by atoms with Crippen LogP contribution < -0.4 is 0 Å². The van der Waals surface area contributed by atoms with E-state index in [1.807, 2.05) is 42.5 Å². The Morgan fingerprint density at radius 1 is 0.500 bits per heavy atom. The molecule has 0 N–H and O–H groups in total. The van der Waals surface area contributed by atoms with Crippen molar-refractivity contribution in [1.29, 1.82) is 0 Å². The van der Waals surface area contributed by atoms with Gasteiger partial charge in [0.2, 0.25) is 0 Å². The maximum Gasteiger partial charge on any atom is 0.164 e. The summed E-state index contributed by atoms with van der Waals surface area (Å²) in [6.45, 7) is 0. The predicted octanol–water partition coefficient (Wildman–Crippen LogP) is 11.6. The van der Waals surface area contributed by atoms with E-state index in [4.69, 9.17) is 19.4 Å². The lowest BCUT2D eigenvalue weighted by Gasteiger charge is -2.11. The van der Waals surface area contributed by atoms with Crippen molar-refractivity contribution >= 4 is 49.3 Å². The average Bonchev–Trinajstić information content (AvgIpc) is 3.74. The molecule has 5 nitrogen and oxygen atoms in total. The minimum atomic E-state index is 0.627. The highest BCUT2D eigenvalue weighted by Gasteiger charge is 2.20. The molecule has 0 fully saturated rings. The van der Waals surface area contributed by atoms with Crippen LogP contribution in [0.1, 0.15) is 18.7 Å². The molecule has 0 saturated heterocycles. The van der Waals surface area contributed by atoms with Crippen molar-refractivity contribution in [2.45, 2.75) is 12.8 Å². The molecule has 0 amide bonds. The van der Waals surface area contributed by atoms with E-state index in [2.05, 4.69) is 120 Å². The van der Waals surface area contributed by atoms with Crippen LogP contribution in [-0.4, -0.2) is 19.5 Å². The fourth-order valence-corrected chi connectivity index (χ4v) is 7.42. The van der Waals surface area contributed by atoms with Gasteiger partial charge in [0.25, 0.3) is 0 Å². The number of hydrogen-bond donors (Lipinski definition) is 0. The molecule has 5 heteroatoms. The van der Waals surface area contributed by atoms with E-state index in [1.165, 1.54) is 21.9 Å². The lowest BCUT2D eigenvalue weighted by atomic mass is 9.99. The second kappa shape index (κ2) is 11.5. The molecule has 0 atom stereocenters. The highest BCUT2D eigenvalue weighted by atomic mass is 16.3. The van der Waals surface area contributed by atoms with Gasteiger partial charge >= 0.3 is 0 Å². The lowest BCUT2D eigenvalue weighted by molar-refractivity contribution is 0.668. The summed E-state index contributed by atoms with van der Waals surface area (Å²) in [5.41, 5.74) is 10.3. The molecule has 10 rings (SSSR count). The number of aromatic nitrogens is 4. The Morgan fingerprint density at radius 2 is 1.22 bits per heavy atom. The number of hydrogen-bond acceptors (Lipinski definition) is 4. The number of nitrogens with zero attached hydrogens (tertiary/aromatic N) is 4. The second-order valence-corrected chi connectivity index (χ2v) is 12.7. The smallest absolute Gasteiger partial charge is 0.164 e. The largest absolute Gasteiger partial charge is 0.456 e. The highest BCUT2D eigenvalue weighted by Crippen LogP contribution is 2.41. The van der Waals surface area contributed by atoms with Crippen LogP contribution in [0.5, 0.6) is 0 Å². The zero-order valence-corrected chi connectivity index (χ0v) is 27.1. The topological polar surface area (TPSA) is 56.7 Å². The maximum atomic E-state index is 6.62. The number of allylic oxidation sites excluding steroid dienone is 4. The zero-order valence-electron chi connectivity index (χ0n) is 27.1. The van der Waals surface area contributed by atoms with E-state index >= 15 is 0 Å². The number of fused-ring (bicyclic) bond motifs is 6. The maximum absolute atomic E-state index is 6.62. The Kier molecular flexibility index (Phi) is 6.56. The summed E-state index contributed by atoms with van der Waals surface area (Å²) in [6, 6.07) is 48.6. The van der Waals surface area contributed by atoms with Gasteiger partial charge in [-0.1, -0.05) is 121 Å². The molecule has 3 heterocycles. The first-order valence-electron chi connectivity index (χ1n) is 17.0. The summed E-state index contributed by atoms with van der Waals surface area (Å²) in [4.78, 5) is 15.0. The summed E-state index contributed by atoms with van der Waals surface area (Å²) < 4.78 is 8.97. The van der Waals surface area contributed by atoms with E-state index in [1.54, 1.807) is 0 Å². The van der Waals surface area contributed by atoms with Gasteiger partial charge in [-0.25, -0.2) is 15.0 Å². The van der Waals surface area contributed by atoms with Crippen molar-refractivity contribution < 1.29 is 4.42 Å². The van der Waals surface area contributed by atoms with E-state index < -0.39 is 0 Å². The molecule has 1 aliphatic carbocycles. The average molecular weight is 643 g/mol. The molecule has 0 bridgehead atoms. The van der Waals surface area contributed by atoms with Crippen LogP contribution in [0, 0.1) is 0 Å². The van der Waals surface area contributed by atoms with Gasteiger partial charge in [-0.05, 0) is 54.3 Å². The molecular formula is C45H30N4O. The molecule has 0 aliphatic heterocycles. The summed E-state index contributed by atoms with van der Waals surface area (Å²) >= 11 is 0. The molecule has 0 spiro atoms. The Hall–Kier alpha value is -6.59. The van der Waals surface area contributed by atoms with Crippen molar-refractivity contribution in [3.05, 3.63) is 164 Å². The highest BCUT2D eigenvalue weighted by molar-refractivity contribution is 6.16. The van der Waals surface area contributed by atoms with E-state index in [0.29, 0.717) is 17.5 Å². The Morgan fingerprint density at radius 3 is 2.06 bits per heavy atom. The van der Waals surface area contributed by atoms with Crippen LogP contribution in [-0.2, 0) is 0 Å². The number of para-hydroxylation sites is 1. The van der Waals surface area contributed by atoms with Crippen LogP contribution >= 0.6 is 0 Å². The van der Waals surface area contributed by atoms with Crippen LogP contribution in [0.3, 0.4) is 0 Å². The standard InChI is InChI=1S/C45H30N4O/c1-4-14-29(15-5-1)33-21-12-24-38-41(33)34-20-10-11-23-37(34)49(38)32-26-27-35-40(28-32)50-39-25-13-22-36(42(35)39)45-47-43(30-16-6-2-7-17-30)46-44(48-45)31-18-8-3-9-19-31/h1-2,4-8,10-28H,3,9H2. The Labute approximate surface area is 288 Å². The van der Waals surface area contributed by atoms with Gasteiger partial charge in [0.15, 0.2) is 17.5 Å².